The highest BCUT2D eigenvalue weighted by molar-refractivity contribution is 7.07. The molecule has 1 fully saturated rings. The monoisotopic (exact) mass is 334 g/mol. The standard InChI is InChI=1S/C17H19ClN2OS/c18-15-5-3-13(4-6-15)17(21)19-11-16(14-7-10-22-12-14)20-8-1-2-9-20/h3-7,10,12,16H,1-2,8-9,11H2,(H,19,21)/t16-/m0/s1. The van der Waals surface area contributed by atoms with Gasteiger partial charge in [-0.2, -0.15) is 11.3 Å². The molecule has 1 amide bonds. The van der Waals surface area contributed by atoms with Crippen molar-refractivity contribution in [1.82, 2.24) is 10.2 Å². The second-order valence-corrected chi connectivity index (χ2v) is 6.75. The first-order valence-corrected chi connectivity index (χ1v) is 8.86. The molecule has 1 aliphatic rings. The number of nitrogens with zero attached hydrogens (tertiary/aromatic N) is 1. The Balaban J connectivity index is 1.66. The number of likely N-dealkylation sites (tertiary alicyclic amines) is 1. The van der Waals surface area contributed by atoms with E-state index in [1.165, 1.54) is 18.4 Å². The van der Waals surface area contributed by atoms with E-state index in [9.17, 15) is 4.79 Å². The first-order chi connectivity index (χ1) is 10.7. The van der Waals surface area contributed by atoms with Crippen LogP contribution in [0.5, 0.6) is 0 Å². The highest BCUT2D eigenvalue weighted by atomic mass is 35.5. The van der Waals surface area contributed by atoms with Crippen LogP contribution < -0.4 is 5.32 Å². The van der Waals surface area contributed by atoms with Gasteiger partial charge in [-0.15, -0.1) is 0 Å². The molecule has 3 nitrogen and oxygen atoms in total. The van der Waals surface area contributed by atoms with Crippen LogP contribution in [0.2, 0.25) is 5.02 Å². The summed E-state index contributed by atoms with van der Waals surface area (Å²) in [5, 5.41) is 7.98. The van der Waals surface area contributed by atoms with Crippen LogP contribution >= 0.6 is 22.9 Å². The lowest BCUT2D eigenvalue weighted by molar-refractivity contribution is 0.0938. The van der Waals surface area contributed by atoms with E-state index in [1.54, 1.807) is 35.6 Å². The van der Waals surface area contributed by atoms with Crippen molar-refractivity contribution >= 4 is 28.8 Å². The third kappa shape index (κ3) is 3.69. The van der Waals surface area contributed by atoms with Gasteiger partial charge in [0.15, 0.2) is 0 Å². The molecule has 0 aliphatic carbocycles. The summed E-state index contributed by atoms with van der Waals surface area (Å²) < 4.78 is 0. The van der Waals surface area contributed by atoms with Crippen molar-refractivity contribution in [3.8, 4) is 0 Å². The zero-order chi connectivity index (χ0) is 15.4. The second kappa shape index (κ2) is 7.27. The smallest absolute Gasteiger partial charge is 0.251 e. The lowest BCUT2D eigenvalue weighted by Crippen LogP contribution is -2.36. The predicted octanol–water partition coefficient (Wildman–Crippen LogP) is 3.97. The van der Waals surface area contributed by atoms with Gasteiger partial charge >= 0.3 is 0 Å². The molecule has 1 atom stereocenters. The van der Waals surface area contributed by atoms with E-state index in [2.05, 4.69) is 27.0 Å². The van der Waals surface area contributed by atoms with Crippen molar-refractivity contribution in [2.24, 2.45) is 0 Å². The normalized spacial score (nSPS) is 16.6. The van der Waals surface area contributed by atoms with Crippen molar-refractivity contribution in [1.29, 1.82) is 0 Å². The summed E-state index contributed by atoms with van der Waals surface area (Å²) in [6.45, 7) is 2.85. The maximum Gasteiger partial charge on any atom is 0.251 e. The molecule has 116 valence electrons. The Morgan fingerprint density at radius 2 is 1.95 bits per heavy atom. The summed E-state index contributed by atoms with van der Waals surface area (Å²) in [6.07, 6.45) is 2.48. The number of nitrogens with one attached hydrogen (secondary N) is 1. The molecule has 0 unspecified atom stereocenters. The van der Waals surface area contributed by atoms with E-state index in [1.807, 2.05) is 0 Å². The van der Waals surface area contributed by atoms with Crippen LogP contribution in [0.1, 0.15) is 34.8 Å². The molecule has 0 saturated carbocycles. The average molecular weight is 335 g/mol. The van der Waals surface area contributed by atoms with Crippen LogP contribution in [0.3, 0.4) is 0 Å². The first kappa shape index (κ1) is 15.5. The van der Waals surface area contributed by atoms with Crippen LogP contribution in [0.15, 0.2) is 41.1 Å². The number of rotatable bonds is 5. The van der Waals surface area contributed by atoms with Crippen molar-refractivity contribution in [2.75, 3.05) is 19.6 Å². The minimum Gasteiger partial charge on any atom is -0.350 e. The zero-order valence-electron chi connectivity index (χ0n) is 12.3. The molecule has 2 heterocycles. The molecule has 1 N–H and O–H groups in total. The summed E-state index contributed by atoms with van der Waals surface area (Å²) in [7, 11) is 0. The molecule has 22 heavy (non-hydrogen) atoms. The summed E-state index contributed by atoms with van der Waals surface area (Å²) in [4.78, 5) is 14.7. The van der Waals surface area contributed by atoms with E-state index in [4.69, 9.17) is 11.6 Å². The van der Waals surface area contributed by atoms with E-state index < -0.39 is 0 Å². The number of benzene rings is 1. The number of carbonyl (C=O) groups is 1. The van der Waals surface area contributed by atoms with Gasteiger partial charge in [0, 0.05) is 17.1 Å². The Morgan fingerprint density at radius 1 is 1.23 bits per heavy atom. The maximum atomic E-state index is 12.3. The molecular weight excluding hydrogens is 316 g/mol. The quantitative estimate of drug-likeness (QED) is 0.897. The minimum absolute atomic E-state index is 0.0453. The number of thiophene rings is 1. The Kier molecular flexibility index (Phi) is 5.13. The fourth-order valence-corrected chi connectivity index (χ4v) is 3.70. The Hall–Kier alpha value is -1.36. The number of halogens is 1. The van der Waals surface area contributed by atoms with Crippen LogP contribution in [-0.4, -0.2) is 30.4 Å². The molecule has 2 aromatic rings. The Bertz CT molecular complexity index is 606. The summed E-state index contributed by atoms with van der Waals surface area (Å²) in [5.41, 5.74) is 1.94. The third-order valence-corrected chi connectivity index (χ3v) is 5.03. The number of carbonyl (C=O) groups excluding carboxylic acids is 1. The van der Waals surface area contributed by atoms with Gasteiger partial charge < -0.3 is 5.32 Å². The van der Waals surface area contributed by atoms with Crippen LogP contribution in [0.4, 0.5) is 0 Å². The van der Waals surface area contributed by atoms with Gasteiger partial charge in [0.05, 0.1) is 6.04 Å². The lowest BCUT2D eigenvalue weighted by atomic mass is 10.1. The average Bonchev–Trinajstić information content (AvgIpc) is 3.22. The third-order valence-electron chi connectivity index (χ3n) is 4.07. The van der Waals surface area contributed by atoms with Crippen molar-refractivity contribution < 1.29 is 4.79 Å². The fraction of sp³-hybridized carbons (Fsp3) is 0.353. The molecular formula is C17H19ClN2OS. The molecule has 0 bridgehead atoms. The minimum atomic E-state index is -0.0453. The number of hydrogen-bond acceptors (Lipinski definition) is 3. The largest absolute Gasteiger partial charge is 0.350 e. The van der Waals surface area contributed by atoms with Crippen LogP contribution in [-0.2, 0) is 0 Å². The van der Waals surface area contributed by atoms with Gasteiger partial charge in [-0.1, -0.05) is 11.6 Å². The fourth-order valence-electron chi connectivity index (χ4n) is 2.87. The molecule has 0 spiro atoms. The van der Waals surface area contributed by atoms with Gasteiger partial charge in [-0.25, -0.2) is 0 Å². The predicted molar refractivity (Wildman–Crippen MR) is 91.7 cm³/mol. The maximum absolute atomic E-state index is 12.3. The van der Waals surface area contributed by atoms with Crippen LogP contribution in [0, 0.1) is 0 Å². The van der Waals surface area contributed by atoms with E-state index in [0.29, 0.717) is 17.1 Å². The Labute approximate surface area is 139 Å². The van der Waals surface area contributed by atoms with Gasteiger partial charge in [-0.3, -0.25) is 9.69 Å². The molecule has 1 aromatic carbocycles. The van der Waals surface area contributed by atoms with E-state index in [0.717, 1.165) is 13.1 Å². The molecule has 1 saturated heterocycles. The summed E-state index contributed by atoms with van der Waals surface area (Å²) >= 11 is 7.57. The van der Waals surface area contributed by atoms with Gasteiger partial charge in [0.2, 0.25) is 0 Å². The molecule has 1 aromatic heterocycles. The Morgan fingerprint density at radius 3 is 2.59 bits per heavy atom. The zero-order valence-corrected chi connectivity index (χ0v) is 13.9. The van der Waals surface area contributed by atoms with E-state index in [-0.39, 0.29) is 11.9 Å². The second-order valence-electron chi connectivity index (χ2n) is 5.53. The topological polar surface area (TPSA) is 32.3 Å². The molecule has 0 radical (unpaired) electrons. The van der Waals surface area contributed by atoms with Gasteiger partial charge in [0.25, 0.3) is 5.91 Å². The number of hydrogen-bond donors (Lipinski definition) is 1. The van der Waals surface area contributed by atoms with Crippen molar-refractivity contribution in [3.05, 3.63) is 57.2 Å². The van der Waals surface area contributed by atoms with Crippen molar-refractivity contribution in [3.63, 3.8) is 0 Å². The lowest BCUT2D eigenvalue weighted by Gasteiger charge is -2.27. The van der Waals surface area contributed by atoms with Gasteiger partial charge in [0.1, 0.15) is 0 Å². The highest BCUT2D eigenvalue weighted by Gasteiger charge is 2.24. The first-order valence-electron chi connectivity index (χ1n) is 7.54. The summed E-state index contributed by atoms with van der Waals surface area (Å²) in [6, 6.07) is 9.42. The van der Waals surface area contributed by atoms with Crippen molar-refractivity contribution in [2.45, 2.75) is 18.9 Å². The highest BCUT2D eigenvalue weighted by Crippen LogP contribution is 2.26. The van der Waals surface area contributed by atoms with E-state index >= 15 is 0 Å². The van der Waals surface area contributed by atoms with Crippen LogP contribution in [0.25, 0.3) is 0 Å². The summed E-state index contributed by atoms with van der Waals surface area (Å²) in [5.74, 6) is -0.0453. The molecule has 3 rings (SSSR count). The SMILES string of the molecule is O=C(NC[C@@H](c1ccsc1)N1CCCC1)c1ccc(Cl)cc1. The molecule has 5 heteroatoms. The van der Waals surface area contributed by atoms with Gasteiger partial charge in [-0.05, 0) is 72.6 Å². The molecule has 1 aliphatic heterocycles. The number of amides is 1.